The van der Waals surface area contributed by atoms with Gasteiger partial charge in [-0.05, 0) is 37.6 Å². The Morgan fingerprint density at radius 1 is 1.15 bits per heavy atom. The summed E-state index contributed by atoms with van der Waals surface area (Å²) in [6.07, 6.45) is -1.25. The average Bonchev–Trinajstić information content (AvgIpc) is 2.38. The number of aryl methyl sites for hydroxylation is 1. The number of hydrogen-bond donors (Lipinski definition) is 1. The van der Waals surface area contributed by atoms with Gasteiger partial charge in [-0.25, -0.2) is 9.97 Å². The Labute approximate surface area is 114 Å². The maximum atomic E-state index is 12.7. The van der Waals surface area contributed by atoms with Crippen molar-refractivity contribution in [3.63, 3.8) is 0 Å². The van der Waals surface area contributed by atoms with Crippen molar-refractivity contribution in [1.29, 1.82) is 0 Å². The number of alkyl halides is 3. The number of aromatic nitrogens is 3. The van der Waals surface area contributed by atoms with Gasteiger partial charge in [0.1, 0.15) is 5.69 Å². The minimum Gasteiger partial charge on any atom is -0.348 e. The zero-order valence-corrected chi connectivity index (χ0v) is 10.9. The van der Waals surface area contributed by atoms with Crippen LogP contribution in [0.4, 0.5) is 19.1 Å². The third-order valence-electron chi connectivity index (χ3n) is 2.70. The molecule has 4 nitrogen and oxygen atoms in total. The van der Waals surface area contributed by atoms with Gasteiger partial charge in [-0.15, -0.1) is 0 Å². The fourth-order valence-corrected chi connectivity index (χ4v) is 1.71. The predicted molar refractivity (Wildman–Crippen MR) is 68.0 cm³/mol. The summed E-state index contributed by atoms with van der Waals surface area (Å²) >= 11 is 0. The molecule has 1 atom stereocenters. The molecule has 0 aliphatic heterocycles. The molecule has 106 valence electrons. The highest BCUT2D eigenvalue weighted by molar-refractivity contribution is 5.33. The Bertz CT molecular complexity index is 584. The van der Waals surface area contributed by atoms with Gasteiger partial charge in [-0.1, -0.05) is 0 Å². The summed E-state index contributed by atoms with van der Waals surface area (Å²) < 4.78 is 38.0. The van der Waals surface area contributed by atoms with Crippen molar-refractivity contribution in [3.8, 4) is 0 Å². The predicted octanol–water partition coefficient (Wildman–Crippen LogP) is 3.37. The summed E-state index contributed by atoms with van der Waals surface area (Å²) in [5.41, 5.74) is 0.199. The van der Waals surface area contributed by atoms with Crippen LogP contribution in [-0.2, 0) is 6.18 Å². The van der Waals surface area contributed by atoms with Crippen molar-refractivity contribution in [1.82, 2.24) is 15.0 Å². The highest BCUT2D eigenvalue weighted by Crippen LogP contribution is 2.29. The van der Waals surface area contributed by atoms with Crippen LogP contribution in [0.15, 0.2) is 30.6 Å². The molecule has 0 aliphatic carbocycles. The Balaban J connectivity index is 2.24. The van der Waals surface area contributed by atoms with Gasteiger partial charge < -0.3 is 5.32 Å². The summed E-state index contributed by atoms with van der Waals surface area (Å²) in [5, 5.41) is 2.86. The minimum atomic E-state index is -4.48. The molecule has 0 aromatic carbocycles. The summed E-state index contributed by atoms with van der Waals surface area (Å²) in [6, 6.07) is 4.25. The van der Waals surface area contributed by atoms with Gasteiger partial charge in [0.15, 0.2) is 0 Å². The van der Waals surface area contributed by atoms with Gasteiger partial charge in [-0.2, -0.15) is 13.2 Å². The lowest BCUT2D eigenvalue weighted by Gasteiger charge is -2.15. The SMILES string of the molecule is Cc1cc(C(F)(F)F)nc(NC(C)c2ccncc2)n1. The smallest absolute Gasteiger partial charge is 0.348 e. The van der Waals surface area contributed by atoms with Crippen LogP contribution >= 0.6 is 0 Å². The van der Waals surface area contributed by atoms with Crippen molar-refractivity contribution < 1.29 is 13.2 Å². The van der Waals surface area contributed by atoms with Gasteiger partial charge in [0.05, 0.1) is 6.04 Å². The van der Waals surface area contributed by atoms with Crippen LogP contribution in [0, 0.1) is 6.92 Å². The molecule has 0 aliphatic rings. The van der Waals surface area contributed by atoms with E-state index in [0.29, 0.717) is 0 Å². The zero-order chi connectivity index (χ0) is 14.8. The Kier molecular flexibility index (Phi) is 3.87. The van der Waals surface area contributed by atoms with Crippen LogP contribution in [0.5, 0.6) is 0 Å². The monoisotopic (exact) mass is 282 g/mol. The third-order valence-corrected chi connectivity index (χ3v) is 2.70. The molecule has 2 aromatic rings. The van der Waals surface area contributed by atoms with Crippen LogP contribution in [-0.4, -0.2) is 15.0 Å². The molecule has 2 heterocycles. The molecule has 0 amide bonds. The van der Waals surface area contributed by atoms with Crippen molar-refractivity contribution in [2.75, 3.05) is 5.32 Å². The van der Waals surface area contributed by atoms with E-state index in [9.17, 15) is 13.2 Å². The normalized spacial score (nSPS) is 13.1. The molecule has 20 heavy (non-hydrogen) atoms. The summed E-state index contributed by atoms with van der Waals surface area (Å²) in [6.45, 7) is 3.31. The van der Waals surface area contributed by atoms with Crippen LogP contribution in [0.3, 0.4) is 0 Å². The van der Waals surface area contributed by atoms with E-state index in [1.54, 1.807) is 24.5 Å². The Hall–Kier alpha value is -2.18. The molecule has 7 heteroatoms. The van der Waals surface area contributed by atoms with Crippen molar-refractivity contribution in [2.24, 2.45) is 0 Å². The molecule has 0 saturated carbocycles. The van der Waals surface area contributed by atoms with Gasteiger partial charge in [-0.3, -0.25) is 4.98 Å². The van der Waals surface area contributed by atoms with Gasteiger partial charge in [0.2, 0.25) is 5.95 Å². The van der Waals surface area contributed by atoms with Crippen LogP contribution in [0.25, 0.3) is 0 Å². The highest BCUT2D eigenvalue weighted by atomic mass is 19.4. The third kappa shape index (κ3) is 3.43. The number of nitrogens with one attached hydrogen (secondary N) is 1. The molecule has 0 spiro atoms. The lowest BCUT2D eigenvalue weighted by Crippen LogP contribution is -2.14. The van der Waals surface area contributed by atoms with Crippen LogP contribution in [0.1, 0.15) is 29.9 Å². The molecule has 0 fully saturated rings. The molecule has 0 bridgehead atoms. The van der Waals surface area contributed by atoms with E-state index in [4.69, 9.17) is 0 Å². The number of anilines is 1. The molecule has 0 saturated heterocycles. The number of hydrogen-bond acceptors (Lipinski definition) is 4. The maximum absolute atomic E-state index is 12.7. The first-order valence-corrected chi connectivity index (χ1v) is 5.95. The van der Waals surface area contributed by atoms with Crippen molar-refractivity contribution in [2.45, 2.75) is 26.1 Å². The largest absolute Gasteiger partial charge is 0.433 e. The molecule has 2 aromatic heterocycles. The van der Waals surface area contributed by atoms with Gasteiger partial charge >= 0.3 is 6.18 Å². The number of halogens is 3. The van der Waals surface area contributed by atoms with Crippen molar-refractivity contribution in [3.05, 3.63) is 47.5 Å². The van der Waals surface area contributed by atoms with E-state index >= 15 is 0 Å². The number of nitrogens with zero attached hydrogens (tertiary/aromatic N) is 3. The van der Waals surface area contributed by atoms with E-state index in [2.05, 4.69) is 20.3 Å². The highest BCUT2D eigenvalue weighted by Gasteiger charge is 2.33. The zero-order valence-electron chi connectivity index (χ0n) is 10.9. The van der Waals surface area contributed by atoms with E-state index in [1.807, 2.05) is 6.92 Å². The second kappa shape index (κ2) is 5.44. The quantitative estimate of drug-likeness (QED) is 0.937. The Morgan fingerprint density at radius 2 is 1.80 bits per heavy atom. The van der Waals surface area contributed by atoms with Crippen LogP contribution in [0.2, 0.25) is 0 Å². The molecule has 0 radical (unpaired) electrons. The fourth-order valence-electron chi connectivity index (χ4n) is 1.71. The first-order valence-electron chi connectivity index (χ1n) is 5.95. The average molecular weight is 282 g/mol. The molecular formula is C13H13F3N4. The second-order valence-corrected chi connectivity index (χ2v) is 4.36. The van der Waals surface area contributed by atoms with Crippen molar-refractivity contribution >= 4 is 5.95 Å². The minimum absolute atomic E-state index is 0.0402. The first kappa shape index (κ1) is 14.2. The van der Waals surface area contributed by atoms with Gasteiger partial charge in [0.25, 0.3) is 0 Å². The molecule has 1 unspecified atom stereocenters. The van der Waals surface area contributed by atoms with E-state index < -0.39 is 11.9 Å². The molecule has 2 rings (SSSR count). The van der Waals surface area contributed by atoms with Gasteiger partial charge in [0, 0.05) is 18.1 Å². The summed E-state index contributed by atoms with van der Waals surface area (Å²) in [4.78, 5) is 11.4. The van der Waals surface area contributed by atoms with E-state index in [-0.39, 0.29) is 17.7 Å². The van der Waals surface area contributed by atoms with E-state index in [1.165, 1.54) is 6.92 Å². The Morgan fingerprint density at radius 3 is 2.40 bits per heavy atom. The summed E-state index contributed by atoms with van der Waals surface area (Å²) in [5.74, 6) is -0.0402. The number of rotatable bonds is 3. The topological polar surface area (TPSA) is 50.7 Å². The lowest BCUT2D eigenvalue weighted by molar-refractivity contribution is -0.141. The number of pyridine rings is 1. The second-order valence-electron chi connectivity index (χ2n) is 4.36. The molecular weight excluding hydrogens is 269 g/mol. The first-order chi connectivity index (χ1) is 9.36. The van der Waals surface area contributed by atoms with Crippen LogP contribution < -0.4 is 5.32 Å². The maximum Gasteiger partial charge on any atom is 0.433 e. The standard InChI is InChI=1S/C13H13F3N4/c1-8-7-11(13(14,15)16)20-12(18-8)19-9(2)10-3-5-17-6-4-10/h3-7,9H,1-2H3,(H,18,19,20). The summed E-state index contributed by atoms with van der Waals surface area (Å²) in [7, 11) is 0. The fraction of sp³-hybridized carbons (Fsp3) is 0.308. The van der Waals surface area contributed by atoms with E-state index in [0.717, 1.165) is 11.6 Å². The lowest BCUT2D eigenvalue weighted by atomic mass is 10.1. The molecule has 1 N–H and O–H groups in total.